The molecule has 0 saturated heterocycles. The van der Waals surface area contributed by atoms with Gasteiger partial charge in [0.15, 0.2) is 0 Å². The van der Waals surface area contributed by atoms with E-state index in [1.54, 1.807) is 0 Å². The highest BCUT2D eigenvalue weighted by atomic mass is 32.2. The van der Waals surface area contributed by atoms with Crippen molar-refractivity contribution in [1.82, 2.24) is 0 Å². The second-order valence-electron chi connectivity index (χ2n) is 6.19. The van der Waals surface area contributed by atoms with Gasteiger partial charge >= 0.3 is 0 Å². The molecule has 4 nitrogen and oxygen atoms in total. The number of ether oxygens (including phenoxy) is 1. The molecule has 1 saturated carbocycles. The summed E-state index contributed by atoms with van der Waals surface area (Å²) in [4.78, 5) is 0. The first kappa shape index (κ1) is 16.3. The summed E-state index contributed by atoms with van der Waals surface area (Å²) in [6, 6.07) is 5.88. The summed E-state index contributed by atoms with van der Waals surface area (Å²) in [5.41, 5.74) is 8.14. The van der Waals surface area contributed by atoms with Crippen LogP contribution in [0.25, 0.3) is 0 Å². The van der Waals surface area contributed by atoms with Crippen LogP contribution in [0, 0.1) is 6.92 Å². The van der Waals surface area contributed by atoms with Crippen LogP contribution in [0.5, 0.6) is 5.75 Å². The number of rotatable bonds is 4. The molecule has 2 N–H and O–H groups in total. The molecule has 0 bridgehead atoms. The highest BCUT2D eigenvalue weighted by Crippen LogP contribution is 2.31. The summed E-state index contributed by atoms with van der Waals surface area (Å²) < 4.78 is 29.5. The molecular weight excluding hydrogens is 286 g/mol. The third-order valence-electron chi connectivity index (χ3n) is 4.13. The Morgan fingerprint density at radius 3 is 2.67 bits per heavy atom. The summed E-state index contributed by atoms with van der Waals surface area (Å²) in [6.07, 6.45) is 4.38. The maximum absolute atomic E-state index is 11.7. The Balaban J connectivity index is 2.15. The van der Waals surface area contributed by atoms with Gasteiger partial charge < -0.3 is 10.5 Å². The monoisotopic (exact) mass is 311 g/mol. The van der Waals surface area contributed by atoms with Gasteiger partial charge in [-0.1, -0.05) is 17.7 Å². The molecular formula is C16H25NO3S. The molecule has 1 aromatic carbocycles. The molecule has 0 radical (unpaired) electrons. The van der Waals surface area contributed by atoms with E-state index < -0.39 is 9.84 Å². The Bertz CT molecular complexity index is 596. The Morgan fingerprint density at radius 2 is 2.05 bits per heavy atom. The molecule has 3 unspecified atom stereocenters. The minimum absolute atomic E-state index is 0.0429. The van der Waals surface area contributed by atoms with Crippen LogP contribution in [-0.2, 0) is 9.84 Å². The molecule has 1 aromatic rings. The summed E-state index contributed by atoms with van der Waals surface area (Å²) in [6.45, 7) is 3.96. The quantitative estimate of drug-likeness (QED) is 0.928. The van der Waals surface area contributed by atoms with Crippen LogP contribution in [0.4, 0.5) is 0 Å². The fourth-order valence-electron chi connectivity index (χ4n) is 2.91. The molecule has 1 aliphatic rings. The third kappa shape index (κ3) is 4.20. The van der Waals surface area contributed by atoms with E-state index in [0.717, 1.165) is 36.1 Å². The number of aryl methyl sites for hydroxylation is 1. The third-order valence-corrected chi connectivity index (χ3v) is 5.77. The molecule has 21 heavy (non-hydrogen) atoms. The molecule has 0 aromatic heterocycles. The van der Waals surface area contributed by atoms with Crippen molar-refractivity contribution in [3.05, 3.63) is 29.3 Å². The zero-order valence-electron chi connectivity index (χ0n) is 13.0. The molecule has 5 heteroatoms. The number of nitrogens with two attached hydrogens (primary N) is 1. The number of sulfone groups is 1. The van der Waals surface area contributed by atoms with Gasteiger partial charge in [-0.3, -0.25) is 0 Å². The average Bonchev–Trinajstić information content (AvgIpc) is 2.40. The molecule has 0 aliphatic heterocycles. The number of benzene rings is 1. The van der Waals surface area contributed by atoms with Gasteiger partial charge in [0.05, 0.1) is 11.4 Å². The molecule has 0 spiro atoms. The van der Waals surface area contributed by atoms with E-state index in [1.807, 2.05) is 32.0 Å². The van der Waals surface area contributed by atoms with E-state index in [4.69, 9.17) is 10.5 Å². The van der Waals surface area contributed by atoms with Crippen LogP contribution in [0.1, 0.15) is 49.8 Å². The Labute approximate surface area is 127 Å². The summed E-state index contributed by atoms with van der Waals surface area (Å²) >= 11 is 0. The van der Waals surface area contributed by atoms with E-state index in [0.29, 0.717) is 6.42 Å². The van der Waals surface area contributed by atoms with Crippen molar-refractivity contribution in [1.29, 1.82) is 0 Å². The van der Waals surface area contributed by atoms with Crippen LogP contribution in [0.15, 0.2) is 18.2 Å². The Morgan fingerprint density at radius 1 is 1.33 bits per heavy atom. The second-order valence-corrected chi connectivity index (χ2v) is 8.51. The Kier molecular flexibility index (Phi) is 4.94. The van der Waals surface area contributed by atoms with Gasteiger partial charge in [-0.25, -0.2) is 8.42 Å². The fourth-order valence-corrected chi connectivity index (χ4v) is 4.07. The molecule has 3 atom stereocenters. The summed E-state index contributed by atoms with van der Waals surface area (Å²) in [5, 5.41) is -0.277. The minimum atomic E-state index is -2.99. The van der Waals surface area contributed by atoms with Crippen molar-refractivity contribution in [2.45, 2.75) is 56.9 Å². The lowest BCUT2D eigenvalue weighted by Crippen LogP contribution is -2.33. The lowest BCUT2D eigenvalue weighted by Gasteiger charge is -2.29. The van der Waals surface area contributed by atoms with Gasteiger partial charge in [0.1, 0.15) is 15.6 Å². The second kappa shape index (κ2) is 6.36. The number of hydrogen-bond donors (Lipinski definition) is 1. The van der Waals surface area contributed by atoms with Crippen LogP contribution >= 0.6 is 0 Å². The van der Waals surface area contributed by atoms with E-state index >= 15 is 0 Å². The predicted octanol–water partition coefficient (Wildman–Crippen LogP) is 2.75. The molecule has 2 rings (SSSR count). The zero-order valence-corrected chi connectivity index (χ0v) is 13.8. The van der Waals surface area contributed by atoms with E-state index in [9.17, 15) is 8.42 Å². The highest BCUT2D eigenvalue weighted by Gasteiger charge is 2.30. The SMILES string of the molecule is Cc1ccc(OC2CCCC(S(C)(=O)=O)C2)c(C(C)N)c1. The van der Waals surface area contributed by atoms with Crippen molar-refractivity contribution >= 4 is 9.84 Å². The largest absolute Gasteiger partial charge is 0.490 e. The van der Waals surface area contributed by atoms with Gasteiger partial charge in [0.2, 0.25) is 0 Å². The van der Waals surface area contributed by atoms with Gasteiger partial charge in [-0.15, -0.1) is 0 Å². The first-order valence-electron chi connectivity index (χ1n) is 7.49. The van der Waals surface area contributed by atoms with Crippen LogP contribution in [-0.4, -0.2) is 26.0 Å². The maximum atomic E-state index is 11.7. The van der Waals surface area contributed by atoms with Crippen LogP contribution in [0.3, 0.4) is 0 Å². The summed E-state index contributed by atoms with van der Waals surface area (Å²) in [5.74, 6) is 0.787. The standard InChI is InChI=1S/C16H25NO3S/c1-11-7-8-16(15(9-11)12(2)17)20-13-5-4-6-14(10-13)21(3,18)19/h7-9,12-14H,4-6,10,17H2,1-3H3. The lowest BCUT2D eigenvalue weighted by atomic mass is 9.96. The minimum Gasteiger partial charge on any atom is -0.490 e. The first-order valence-corrected chi connectivity index (χ1v) is 9.44. The first-order chi connectivity index (χ1) is 9.77. The Hall–Kier alpha value is -1.07. The van der Waals surface area contributed by atoms with Gasteiger partial charge in [0, 0.05) is 24.3 Å². The molecule has 118 valence electrons. The molecule has 0 amide bonds. The van der Waals surface area contributed by atoms with Crippen molar-refractivity contribution in [3.63, 3.8) is 0 Å². The molecule has 1 fully saturated rings. The maximum Gasteiger partial charge on any atom is 0.150 e. The van der Waals surface area contributed by atoms with Crippen molar-refractivity contribution in [2.75, 3.05) is 6.26 Å². The van der Waals surface area contributed by atoms with E-state index in [-0.39, 0.29) is 17.4 Å². The van der Waals surface area contributed by atoms with Crippen LogP contribution in [0.2, 0.25) is 0 Å². The number of hydrogen-bond acceptors (Lipinski definition) is 4. The van der Waals surface area contributed by atoms with E-state index in [1.165, 1.54) is 6.26 Å². The topological polar surface area (TPSA) is 69.4 Å². The van der Waals surface area contributed by atoms with Crippen molar-refractivity contribution < 1.29 is 13.2 Å². The normalized spacial score (nSPS) is 24.6. The van der Waals surface area contributed by atoms with Crippen molar-refractivity contribution in [2.24, 2.45) is 5.73 Å². The molecule has 1 aliphatic carbocycles. The molecule has 0 heterocycles. The average molecular weight is 311 g/mol. The van der Waals surface area contributed by atoms with Crippen LogP contribution < -0.4 is 10.5 Å². The van der Waals surface area contributed by atoms with Gasteiger partial charge in [0.25, 0.3) is 0 Å². The highest BCUT2D eigenvalue weighted by molar-refractivity contribution is 7.91. The smallest absolute Gasteiger partial charge is 0.150 e. The van der Waals surface area contributed by atoms with Gasteiger partial charge in [-0.2, -0.15) is 0 Å². The fraction of sp³-hybridized carbons (Fsp3) is 0.625. The van der Waals surface area contributed by atoms with E-state index in [2.05, 4.69) is 0 Å². The lowest BCUT2D eigenvalue weighted by molar-refractivity contribution is 0.154. The summed E-state index contributed by atoms with van der Waals surface area (Å²) in [7, 11) is -2.99. The van der Waals surface area contributed by atoms with Crippen molar-refractivity contribution in [3.8, 4) is 5.75 Å². The van der Waals surface area contributed by atoms with Gasteiger partial charge in [-0.05, 0) is 39.2 Å². The zero-order chi connectivity index (χ0) is 15.6. The predicted molar refractivity (Wildman–Crippen MR) is 85.3 cm³/mol.